The molecule has 3 atom stereocenters. The molecule has 0 saturated heterocycles. The second kappa shape index (κ2) is 5.09. The zero-order valence-electron chi connectivity index (χ0n) is 9.12. The van der Waals surface area contributed by atoms with Crippen LogP contribution in [0.15, 0.2) is 12.7 Å². The monoisotopic (exact) mass is 198 g/mol. The van der Waals surface area contributed by atoms with Crippen molar-refractivity contribution in [3.63, 3.8) is 0 Å². The molecule has 0 nitrogen and oxygen atoms in total. The molecule has 0 spiro atoms. The third-order valence-corrected chi connectivity index (χ3v) is 5.01. The average Bonchev–Trinajstić information content (AvgIpc) is 2.11. The molecule has 3 unspecified atom stereocenters. The van der Waals surface area contributed by atoms with Crippen molar-refractivity contribution < 1.29 is 0 Å². The molecule has 1 aliphatic rings. The van der Waals surface area contributed by atoms with Crippen molar-refractivity contribution in [3.05, 3.63) is 12.7 Å². The van der Waals surface area contributed by atoms with E-state index in [0.29, 0.717) is 5.25 Å². The van der Waals surface area contributed by atoms with Crippen LogP contribution in [-0.2, 0) is 0 Å². The van der Waals surface area contributed by atoms with Crippen molar-refractivity contribution in [1.82, 2.24) is 0 Å². The fraction of sp³-hybridized carbons (Fsp3) is 0.833. The van der Waals surface area contributed by atoms with Crippen molar-refractivity contribution in [3.8, 4) is 0 Å². The van der Waals surface area contributed by atoms with Crippen LogP contribution in [-0.4, -0.2) is 10.5 Å². The minimum absolute atomic E-state index is 0.619. The van der Waals surface area contributed by atoms with Crippen LogP contribution in [0.3, 0.4) is 0 Å². The second-order valence-electron chi connectivity index (χ2n) is 4.43. The number of rotatable bonds is 3. The second-order valence-corrected chi connectivity index (χ2v) is 5.99. The summed E-state index contributed by atoms with van der Waals surface area (Å²) >= 11 is 2.12. The lowest BCUT2D eigenvalue weighted by Crippen LogP contribution is -2.28. The summed E-state index contributed by atoms with van der Waals surface area (Å²) in [6.07, 6.45) is 6.35. The molecular formula is C12H22S. The van der Waals surface area contributed by atoms with E-state index in [1.807, 2.05) is 0 Å². The lowest BCUT2D eigenvalue weighted by Gasteiger charge is -2.35. The third kappa shape index (κ3) is 3.05. The standard InChI is InChI=1S/C12H22S/c1-5-11(4)13-12-9(2)7-6-8-10(12)3/h5,9-12H,1,6-8H2,2-4H3. The van der Waals surface area contributed by atoms with Gasteiger partial charge in [0.05, 0.1) is 0 Å². The van der Waals surface area contributed by atoms with Gasteiger partial charge in [-0.3, -0.25) is 0 Å². The first-order chi connectivity index (χ1) is 6.15. The molecule has 0 aromatic rings. The van der Waals surface area contributed by atoms with E-state index < -0.39 is 0 Å². The number of hydrogen-bond acceptors (Lipinski definition) is 1. The summed E-state index contributed by atoms with van der Waals surface area (Å²) in [6, 6.07) is 0. The van der Waals surface area contributed by atoms with Gasteiger partial charge in [-0.2, -0.15) is 11.8 Å². The first-order valence-corrected chi connectivity index (χ1v) is 6.37. The van der Waals surface area contributed by atoms with Crippen molar-refractivity contribution in [2.45, 2.75) is 50.5 Å². The Bertz CT molecular complexity index is 155. The van der Waals surface area contributed by atoms with Gasteiger partial charge in [0, 0.05) is 10.5 Å². The summed E-state index contributed by atoms with van der Waals surface area (Å²) in [6.45, 7) is 10.9. The maximum Gasteiger partial charge on any atom is 0.0199 e. The number of thioether (sulfide) groups is 1. The Morgan fingerprint density at radius 2 is 1.85 bits per heavy atom. The van der Waals surface area contributed by atoms with Gasteiger partial charge in [-0.05, 0) is 31.6 Å². The SMILES string of the molecule is C=CC(C)SC1C(C)CCCC1C. The Labute approximate surface area is 87.2 Å². The lowest BCUT2D eigenvalue weighted by molar-refractivity contribution is 0.314. The van der Waals surface area contributed by atoms with Gasteiger partial charge < -0.3 is 0 Å². The summed E-state index contributed by atoms with van der Waals surface area (Å²) in [4.78, 5) is 0. The van der Waals surface area contributed by atoms with E-state index in [0.717, 1.165) is 17.1 Å². The van der Waals surface area contributed by atoms with E-state index in [4.69, 9.17) is 0 Å². The molecule has 0 amide bonds. The highest BCUT2D eigenvalue weighted by Gasteiger charge is 2.28. The van der Waals surface area contributed by atoms with Crippen molar-refractivity contribution in [2.75, 3.05) is 0 Å². The summed E-state index contributed by atoms with van der Waals surface area (Å²) in [5.41, 5.74) is 0. The fourth-order valence-electron chi connectivity index (χ4n) is 2.22. The quantitative estimate of drug-likeness (QED) is 0.615. The Hall–Kier alpha value is 0.0900. The van der Waals surface area contributed by atoms with E-state index in [1.54, 1.807) is 0 Å². The van der Waals surface area contributed by atoms with Crippen LogP contribution in [0.5, 0.6) is 0 Å². The molecule has 0 bridgehead atoms. The average molecular weight is 198 g/mol. The van der Waals surface area contributed by atoms with Gasteiger partial charge >= 0.3 is 0 Å². The molecule has 1 heteroatoms. The zero-order valence-corrected chi connectivity index (χ0v) is 9.94. The maximum atomic E-state index is 3.86. The molecule has 1 fully saturated rings. The molecule has 1 aliphatic carbocycles. The highest BCUT2D eigenvalue weighted by atomic mass is 32.2. The number of hydrogen-bond donors (Lipinski definition) is 0. The van der Waals surface area contributed by atoms with E-state index in [1.165, 1.54) is 19.3 Å². The van der Waals surface area contributed by atoms with Gasteiger partial charge in [0.2, 0.25) is 0 Å². The molecule has 76 valence electrons. The zero-order chi connectivity index (χ0) is 9.84. The van der Waals surface area contributed by atoms with Gasteiger partial charge in [-0.1, -0.05) is 26.3 Å². The summed E-state index contributed by atoms with van der Waals surface area (Å²) in [5.74, 6) is 1.80. The minimum atomic E-state index is 0.619. The van der Waals surface area contributed by atoms with Crippen LogP contribution < -0.4 is 0 Å². The molecular weight excluding hydrogens is 176 g/mol. The topological polar surface area (TPSA) is 0 Å². The largest absolute Gasteiger partial charge is 0.151 e. The molecule has 0 aromatic heterocycles. The van der Waals surface area contributed by atoms with Crippen molar-refractivity contribution >= 4 is 11.8 Å². The van der Waals surface area contributed by atoms with E-state index in [9.17, 15) is 0 Å². The Morgan fingerprint density at radius 3 is 2.31 bits per heavy atom. The molecule has 0 heterocycles. The smallest absolute Gasteiger partial charge is 0.0199 e. The van der Waals surface area contributed by atoms with Gasteiger partial charge in [-0.25, -0.2) is 0 Å². The lowest BCUT2D eigenvalue weighted by atomic mass is 9.83. The van der Waals surface area contributed by atoms with Crippen LogP contribution in [0.1, 0.15) is 40.0 Å². The Balaban J connectivity index is 2.48. The van der Waals surface area contributed by atoms with Crippen LogP contribution in [0.4, 0.5) is 0 Å². The first kappa shape index (κ1) is 11.2. The Morgan fingerprint density at radius 1 is 1.31 bits per heavy atom. The predicted octanol–water partition coefficient (Wildman–Crippen LogP) is 4.12. The molecule has 0 radical (unpaired) electrons. The maximum absolute atomic E-state index is 3.86. The molecule has 1 saturated carbocycles. The molecule has 0 aromatic carbocycles. The highest BCUT2D eigenvalue weighted by molar-refractivity contribution is 8.00. The molecule has 13 heavy (non-hydrogen) atoms. The Kier molecular flexibility index (Phi) is 4.37. The van der Waals surface area contributed by atoms with E-state index in [2.05, 4.69) is 45.2 Å². The minimum Gasteiger partial charge on any atom is -0.151 e. The third-order valence-electron chi connectivity index (χ3n) is 3.14. The van der Waals surface area contributed by atoms with Crippen molar-refractivity contribution in [1.29, 1.82) is 0 Å². The van der Waals surface area contributed by atoms with Crippen molar-refractivity contribution in [2.24, 2.45) is 11.8 Å². The fourth-order valence-corrected chi connectivity index (χ4v) is 3.64. The van der Waals surface area contributed by atoms with Gasteiger partial charge in [-0.15, -0.1) is 6.58 Å². The molecule has 1 rings (SSSR count). The molecule has 0 aliphatic heterocycles. The van der Waals surface area contributed by atoms with Gasteiger partial charge in [0.1, 0.15) is 0 Å². The van der Waals surface area contributed by atoms with Crippen LogP contribution >= 0.6 is 11.8 Å². The van der Waals surface area contributed by atoms with Gasteiger partial charge in [0.25, 0.3) is 0 Å². The van der Waals surface area contributed by atoms with Crippen LogP contribution in [0, 0.1) is 11.8 Å². The van der Waals surface area contributed by atoms with Crippen LogP contribution in [0.25, 0.3) is 0 Å². The van der Waals surface area contributed by atoms with Gasteiger partial charge in [0.15, 0.2) is 0 Å². The summed E-state index contributed by atoms with van der Waals surface area (Å²) in [7, 11) is 0. The van der Waals surface area contributed by atoms with E-state index in [-0.39, 0.29) is 0 Å². The summed E-state index contributed by atoms with van der Waals surface area (Å²) < 4.78 is 0. The molecule has 0 N–H and O–H groups in total. The predicted molar refractivity (Wildman–Crippen MR) is 63.2 cm³/mol. The first-order valence-electron chi connectivity index (χ1n) is 5.43. The normalized spacial score (nSPS) is 37.0. The highest BCUT2D eigenvalue weighted by Crippen LogP contribution is 2.39. The summed E-state index contributed by atoms with van der Waals surface area (Å²) in [5, 5.41) is 1.48. The van der Waals surface area contributed by atoms with E-state index >= 15 is 0 Å². The van der Waals surface area contributed by atoms with Crippen LogP contribution in [0.2, 0.25) is 0 Å².